The van der Waals surface area contributed by atoms with Crippen molar-refractivity contribution in [2.75, 3.05) is 0 Å². The first-order valence-electron chi connectivity index (χ1n) is 14.2. The monoisotopic (exact) mass is 533 g/mol. The predicted molar refractivity (Wildman–Crippen MR) is 169 cm³/mol. The molecule has 0 unspecified atom stereocenters. The standard InChI is InChI=1S/C37H31BFN2/c1-24-10-8-11-25(2)35(24)31-20-22-33-37(30-18-16-29(17-19-30)28-14-6-5-7-15-28)34-23-21-32(41(34)38(39)40(31)33)36-26(3)12-9-13-27(36)4/h5-23H,1-4H3/q+1. The molecule has 0 atom stereocenters. The van der Waals surface area contributed by atoms with Crippen LogP contribution in [0.2, 0.25) is 0 Å². The summed E-state index contributed by atoms with van der Waals surface area (Å²) in [4.78, 5) is 0. The minimum Gasteiger partial charge on any atom is -0.285 e. The van der Waals surface area contributed by atoms with Gasteiger partial charge < -0.3 is 0 Å². The molecule has 0 N–H and O–H groups in total. The fraction of sp³-hybridized carbons (Fsp3) is 0.108. The van der Waals surface area contributed by atoms with E-state index in [4.69, 9.17) is 0 Å². The maximum Gasteiger partial charge on any atom is 0.846 e. The predicted octanol–water partition coefficient (Wildman–Crippen LogP) is 8.70. The van der Waals surface area contributed by atoms with Gasteiger partial charge in [0.2, 0.25) is 0 Å². The lowest BCUT2D eigenvalue weighted by Crippen LogP contribution is -2.41. The van der Waals surface area contributed by atoms with Crippen molar-refractivity contribution in [1.82, 2.24) is 4.48 Å². The van der Waals surface area contributed by atoms with E-state index in [1.54, 1.807) is 0 Å². The van der Waals surface area contributed by atoms with Gasteiger partial charge in [0.05, 0.1) is 11.3 Å². The second-order valence-electron chi connectivity index (χ2n) is 11.1. The number of rotatable bonds is 4. The molecule has 5 aromatic rings. The highest BCUT2D eigenvalue weighted by Gasteiger charge is 2.51. The highest BCUT2D eigenvalue weighted by atomic mass is 19.1. The largest absolute Gasteiger partial charge is 0.846 e. The quantitative estimate of drug-likeness (QED) is 0.204. The molecule has 0 aliphatic carbocycles. The minimum atomic E-state index is -1.39. The van der Waals surface area contributed by atoms with E-state index in [-0.39, 0.29) is 0 Å². The molecule has 0 saturated carbocycles. The van der Waals surface area contributed by atoms with Crippen molar-refractivity contribution in [3.05, 3.63) is 160 Å². The maximum atomic E-state index is 17.1. The lowest BCUT2D eigenvalue weighted by molar-refractivity contribution is -0.334. The van der Waals surface area contributed by atoms with Crippen LogP contribution in [0.5, 0.6) is 0 Å². The zero-order chi connectivity index (χ0) is 28.2. The number of hydrogen-bond donors (Lipinski definition) is 0. The molecule has 0 spiro atoms. The van der Waals surface area contributed by atoms with Crippen molar-refractivity contribution in [2.45, 2.75) is 27.7 Å². The van der Waals surface area contributed by atoms with Crippen LogP contribution in [-0.4, -0.2) is 21.9 Å². The molecule has 2 aliphatic heterocycles. The van der Waals surface area contributed by atoms with Crippen LogP contribution in [0.15, 0.2) is 121 Å². The van der Waals surface area contributed by atoms with Crippen LogP contribution in [0.1, 0.15) is 39.1 Å². The number of halogens is 1. The second-order valence-corrected chi connectivity index (χ2v) is 11.1. The lowest BCUT2D eigenvalue weighted by atomic mass is 9.87. The van der Waals surface area contributed by atoms with Gasteiger partial charge in [-0.2, -0.15) is 0 Å². The first-order chi connectivity index (χ1) is 19.9. The second kappa shape index (κ2) is 9.74. The van der Waals surface area contributed by atoms with Crippen LogP contribution in [0.4, 0.5) is 4.32 Å². The van der Waals surface area contributed by atoms with E-state index >= 15 is 4.32 Å². The van der Waals surface area contributed by atoms with E-state index in [0.717, 1.165) is 72.9 Å². The summed E-state index contributed by atoms with van der Waals surface area (Å²) < 4.78 is 20.9. The topological polar surface area (TPSA) is 7.94 Å². The van der Waals surface area contributed by atoms with Crippen molar-refractivity contribution in [1.29, 1.82) is 0 Å². The summed E-state index contributed by atoms with van der Waals surface area (Å²) in [5, 5.41) is 0. The SMILES string of the molecule is Cc1cccc(C)c1C1=[N+]2B(F)n3c(ccc3-c3c(C)cccc3C)C(c3ccc(-c4ccccc4)cc3)=C2C=C1. The fourth-order valence-corrected chi connectivity index (χ4v) is 6.61. The van der Waals surface area contributed by atoms with Crippen molar-refractivity contribution in [2.24, 2.45) is 0 Å². The van der Waals surface area contributed by atoms with Gasteiger partial charge in [-0.15, -0.1) is 0 Å². The maximum absolute atomic E-state index is 17.1. The molecule has 0 saturated heterocycles. The van der Waals surface area contributed by atoms with E-state index < -0.39 is 7.26 Å². The van der Waals surface area contributed by atoms with Crippen LogP contribution in [0, 0.1) is 27.7 Å². The summed E-state index contributed by atoms with van der Waals surface area (Å²) in [6.45, 7) is 8.42. The number of allylic oxidation sites excluding steroid dienone is 2. The normalized spacial score (nSPS) is 14.1. The summed E-state index contributed by atoms with van der Waals surface area (Å²) in [5.74, 6) is 0. The first-order valence-corrected chi connectivity index (χ1v) is 14.2. The zero-order valence-electron chi connectivity index (χ0n) is 23.8. The van der Waals surface area contributed by atoms with Gasteiger partial charge in [-0.1, -0.05) is 91.0 Å². The van der Waals surface area contributed by atoms with Gasteiger partial charge in [0.15, 0.2) is 11.4 Å². The van der Waals surface area contributed by atoms with Crippen LogP contribution >= 0.6 is 0 Å². The van der Waals surface area contributed by atoms with E-state index in [0.29, 0.717) is 0 Å². The fourth-order valence-electron chi connectivity index (χ4n) is 6.61. The number of fused-ring (bicyclic) bond motifs is 2. The van der Waals surface area contributed by atoms with Crippen LogP contribution in [0.25, 0.3) is 28.0 Å². The number of aromatic nitrogens is 1. The third-order valence-corrected chi connectivity index (χ3v) is 8.53. The third-order valence-electron chi connectivity index (χ3n) is 8.53. The molecule has 1 aromatic heterocycles. The minimum absolute atomic E-state index is 0.890. The van der Waals surface area contributed by atoms with E-state index in [2.05, 4.69) is 137 Å². The smallest absolute Gasteiger partial charge is 0.285 e. The lowest BCUT2D eigenvalue weighted by Gasteiger charge is -2.22. The molecule has 2 nitrogen and oxygen atoms in total. The Balaban J connectivity index is 1.50. The zero-order valence-corrected chi connectivity index (χ0v) is 23.8. The molecule has 3 heterocycles. The van der Waals surface area contributed by atoms with Gasteiger partial charge in [0, 0.05) is 29.0 Å². The van der Waals surface area contributed by atoms with Crippen LogP contribution in [-0.2, 0) is 0 Å². The van der Waals surface area contributed by atoms with Crippen molar-refractivity contribution in [3.63, 3.8) is 0 Å². The summed E-state index contributed by atoms with van der Waals surface area (Å²) >= 11 is 0. The molecule has 4 aromatic carbocycles. The number of aryl methyl sites for hydroxylation is 4. The van der Waals surface area contributed by atoms with Crippen LogP contribution in [0.3, 0.4) is 0 Å². The summed E-state index contributed by atoms with van der Waals surface area (Å²) in [6.07, 6.45) is 4.17. The third kappa shape index (κ3) is 3.97. The van der Waals surface area contributed by atoms with Gasteiger partial charge in [0.25, 0.3) is 0 Å². The summed E-state index contributed by atoms with van der Waals surface area (Å²) in [6, 6.07) is 35.8. The molecule has 0 bridgehead atoms. The van der Waals surface area contributed by atoms with Gasteiger partial charge in [-0.25, -0.2) is 8.80 Å². The van der Waals surface area contributed by atoms with E-state index in [9.17, 15) is 0 Å². The van der Waals surface area contributed by atoms with Gasteiger partial charge in [-0.3, -0.25) is 4.48 Å². The Kier molecular flexibility index (Phi) is 6.01. The highest BCUT2D eigenvalue weighted by Crippen LogP contribution is 2.41. The van der Waals surface area contributed by atoms with Crippen molar-refractivity contribution in [3.8, 4) is 22.4 Å². The molecule has 4 heteroatoms. The Hall–Kier alpha value is -4.70. The average Bonchev–Trinajstić information content (AvgIpc) is 3.60. The van der Waals surface area contributed by atoms with E-state index in [1.165, 1.54) is 5.56 Å². The number of benzene rings is 4. The molecule has 7 rings (SSSR count). The van der Waals surface area contributed by atoms with Gasteiger partial charge >= 0.3 is 7.26 Å². The molecule has 0 radical (unpaired) electrons. The Bertz CT molecular complexity index is 1880. The first kappa shape index (κ1) is 25.3. The van der Waals surface area contributed by atoms with Crippen LogP contribution < -0.4 is 0 Å². The molecule has 198 valence electrons. The van der Waals surface area contributed by atoms with Gasteiger partial charge in [0.1, 0.15) is 0 Å². The van der Waals surface area contributed by atoms with E-state index in [1.807, 2.05) is 15.0 Å². The average molecular weight is 533 g/mol. The molecule has 0 fully saturated rings. The van der Waals surface area contributed by atoms with Gasteiger partial charge in [-0.05, 0) is 78.8 Å². The number of nitrogens with zero attached hydrogens (tertiary/aromatic N) is 2. The number of hydrogen-bond acceptors (Lipinski definition) is 0. The van der Waals surface area contributed by atoms with Crippen molar-refractivity contribution >= 4 is 18.5 Å². The Morgan fingerprint density at radius 3 is 1.71 bits per heavy atom. The molecular formula is C37H31BFN2+. The Morgan fingerprint density at radius 2 is 1.07 bits per heavy atom. The Labute approximate surface area is 241 Å². The summed E-state index contributed by atoms with van der Waals surface area (Å²) in [5.41, 5.74) is 14.7. The highest BCUT2D eigenvalue weighted by molar-refractivity contribution is 6.45. The molecule has 0 amide bonds. The molecule has 41 heavy (non-hydrogen) atoms. The van der Waals surface area contributed by atoms with Crippen molar-refractivity contribution < 1.29 is 8.80 Å². The summed E-state index contributed by atoms with van der Waals surface area (Å²) in [7, 11) is -1.39. The molecular weight excluding hydrogens is 502 g/mol. The molecule has 2 aliphatic rings. The Morgan fingerprint density at radius 1 is 0.537 bits per heavy atom.